The van der Waals surface area contributed by atoms with Gasteiger partial charge in [0.2, 0.25) is 0 Å². The molecule has 2 heteroatoms. The van der Waals surface area contributed by atoms with Crippen LogP contribution in [0.2, 0.25) is 0 Å². The molecule has 0 aromatic carbocycles. The highest BCUT2D eigenvalue weighted by Gasteiger charge is 2.40. The quantitative estimate of drug-likeness (QED) is 0.816. The Bertz CT molecular complexity index is 274. The van der Waals surface area contributed by atoms with E-state index < -0.39 is 0 Å². The highest BCUT2D eigenvalue weighted by molar-refractivity contribution is 4.97. The first kappa shape index (κ1) is 14.3. The number of nitrogens with zero attached hydrogens (tertiary/aromatic N) is 1. The standard InChI is InChI=1S/C16H32N2/c1-14-6-4-8-16(12-14,13-17)18-10-5-7-15(2,3)9-11-18/h14H,4-13,17H2,1-3H3. The molecule has 2 atom stereocenters. The fourth-order valence-corrected chi connectivity index (χ4v) is 4.13. The van der Waals surface area contributed by atoms with Crippen LogP contribution in [0.5, 0.6) is 0 Å². The summed E-state index contributed by atoms with van der Waals surface area (Å²) in [5.41, 5.74) is 7.07. The van der Waals surface area contributed by atoms with Crippen LogP contribution in [-0.4, -0.2) is 30.1 Å². The van der Waals surface area contributed by atoms with E-state index in [1.807, 2.05) is 0 Å². The van der Waals surface area contributed by atoms with E-state index in [-0.39, 0.29) is 0 Å². The van der Waals surface area contributed by atoms with Crippen LogP contribution in [0.15, 0.2) is 0 Å². The number of likely N-dealkylation sites (tertiary alicyclic amines) is 1. The first-order valence-electron chi connectivity index (χ1n) is 7.93. The molecule has 1 saturated carbocycles. The Balaban J connectivity index is 2.07. The molecule has 0 aromatic heterocycles. The van der Waals surface area contributed by atoms with Crippen LogP contribution in [0.4, 0.5) is 0 Å². The summed E-state index contributed by atoms with van der Waals surface area (Å²) in [5, 5.41) is 0. The normalized spacial score (nSPS) is 38.3. The minimum absolute atomic E-state index is 0.331. The van der Waals surface area contributed by atoms with Crippen molar-refractivity contribution in [3.63, 3.8) is 0 Å². The van der Waals surface area contributed by atoms with Gasteiger partial charge in [-0.05, 0) is 56.5 Å². The van der Waals surface area contributed by atoms with E-state index in [1.54, 1.807) is 0 Å². The molecular weight excluding hydrogens is 220 g/mol. The third-order valence-corrected chi connectivity index (χ3v) is 5.46. The zero-order valence-corrected chi connectivity index (χ0v) is 12.7. The molecule has 2 nitrogen and oxygen atoms in total. The summed E-state index contributed by atoms with van der Waals surface area (Å²) in [6, 6.07) is 0. The maximum absolute atomic E-state index is 6.21. The minimum atomic E-state index is 0.331. The van der Waals surface area contributed by atoms with Gasteiger partial charge in [0.05, 0.1) is 0 Å². The third-order valence-electron chi connectivity index (χ3n) is 5.46. The maximum atomic E-state index is 6.21. The van der Waals surface area contributed by atoms with Crippen LogP contribution in [0.3, 0.4) is 0 Å². The van der Waals surface area contributed by atoms with E-state index in [1.165, 1.54) is 58.0 Å². The van der Waals surface area contributed by atoms with Crippen LogP contribution >= 0.6 is 0 Å². The SMILES string of the molecule is CC1CCCC(CN)(N2CCCC(C)(C)CC2)C1. The van der Waals surface area contributed by atoms with E-state index in [0.29, 0.717) is 11.0 Å². The Kier molecular flexibility index (Phi) is 4.38. The molecule has 0 aromatic rings. The molecule has 2 rings (SSSR count). The molecule has 2 aliphatic rings. The van der Waals surface area contributed by atoms with E-state index in [2.05, 4.69) is 25.7 Å². The molecule has 0 spiro atoms. The fourth-order valence-electron chi connectivity index (χ4n) is 4.13. The van der Waals surface area contributed by atoms with Gasteiger partial charge >= 0.3 is 0 Å². The molecule has 1 heterocycles. The van der Waals surface area contributed by atoms with Gasteiger partial charge in [-0.1, -0.05) is 33.6 Å². The Hall–Kier alpha value is -0.0800. The molecule has 0 radical (unpaired) electrons. The highest BCUT2D eigenvalue weighted by atomic mass is 15.2. The summed E-state index contributed by atoms with van der Waals surface area (Å²) < 4.78 is 0. The van der Waals surface area contributed by atoms with Crippen molar-refractivity contribution in [2.45, 2.75) is 71.3 Å². The summed E-state index contributed by atoms with van der Waals surface area (Å²) in [4.78, 5) is 2.76. The Morgan fingerprint density at radius 3 is 2.56 bits per heavy atom. The lowest BCUT2D eigenvalue weighted by atomic mass is 9.75. The first-order valence-corrected chi connectivity index (χ1v) is 7.93. The van der Waals surface area contributed by atoms with Crippen LogP contribution in [0.25, 0.3) is 0 Å². The Labute approximate surface area is 113 Å². The van der Waals surface area contributed by atoms with Crippen LogP contribution in [-0.2, 0) is 0 Å². The Morgan fingerprint density at radius 1 is 1.11 bits per heavy atom. The van der Waals surface area contributed by atoms with Gasteiger partial charge in [0.1, 0.15) is 0 Å². The van der Waals surface area contributed by atoms with Gasteiger partial charge in [-0.2, -0.15) is 0 Å². The first-order chi connectivity index (χ1) is 8.47. The fraction of sp³-hybridized carbons (Fsp3) is 1.00. The van der Waals surface area contributed by atoms with Gasteiger partial charge in [-0.3, -0.25) is 4.90 Å². The average molecular weight is 252 g/mol. The van der Waals surface area contributed by atoms with Crippen molar-refractivity contribution in [3.8, 4) is 0 Å². The molecule has 1 aliphatic carbocycles. The van der Waals surface area contributed by atoms with Crippen molar-refractivity contribution in [2.75, 3.05) is 19.6 Å². The summed E-state index contributed by atoms with van der Waals surface area (Å²) in [7, 11) is 0. The lowest BCUT2D eigenvalue weighted by Crippen LogP contribution is -2.56. The van der Waals surface area contributed by atoms with Gasteiger partial charge in [-0.25, -0.2) is 0 Å². The molecule has 1 saturated heterocycles. The molecule has 2 fully saturated rings. The molecule has 2 N–H and O–H groups in total. The van der Waals surface area contributed by atoms with Gasteiger partial charge in [-0.15, -0.1) is 0 Å². The lowest BCUT2D eigenvalue weighted by molar-refractivity contribution is 0.0397. The van der Waals surface area contributed by atoms with Crippen LogP contribution in [0, 0.1) is 11.3 Å². The van der Waals surface area contributed by atoms with Crippen LogP contribution in [0.1, 0.15) is 65.7 Å². The van der Waals surface area contributed by atoms with Crippen molar-refractivity contribution in [3.05, 3.63) is 0 Å². The molecule has 18 heavy (non-hydrogen) atoms. The molecule has 1 aliphatic heterocycles. The van der Waals surface area contributed by atoms with Crippen LogP contribution < -0.4 is 5.73 Å². The van der Waals surface area contributed by atoms with E-state index >= 15 is 0 Å². The monoisotopic (exact) mass is 252 g/mol. The van der Waals surface area contributed by atoms with Gasteiger partial charge in [0.15, 0.2) is 0 Å². The van der Waals surface area contributed by atoms with Gasteiger partial charge < -0.3 is 5.73 Å². The van der Waals surface area contributed by atoms with E-state index in [0.717, 1.165) is 12.5 Å². The van der Waals surface area contributed by atoms with E-state index in [9.17, 15) is 0 Å². The molecule has 0 amide bonds. The zero-order chi connectivity index (χ0) is 13.2. The second-order valence-electron chi connectivity index (χ2n) is 7.63. The summed E-state index contributed by atoms with van der Waals surface area (Å²) >= 11 is 0. The largest absolute Gasteiger partial charge is 0.329 e. The van der Waals surface area contributed by atoms with Crippen molar-refractivity contribution in [1.29, 1.82) is 0 Å². The zero-order valence-electron chi connectivity index (χ0n) is 12.7. The molecule has 2 unspecified atom stereocenters. The number of rotatable bonds is 2. The van der Waals surface area contributed by atoms with Crippen molar-refractivity contribution >= 4 is 0 Å². The topological polar surface area (TPSA) is 29.3 Å². The van der Waals surface area contributed by atoms with Gasteiger partial charge in [0, 0.05) is 12.1 Å². The Morgan fingerprint density at radius 2 is 1.89 bits per heavy atom. The summed E-state index contributed by atoms with van der Waals surface area (Å²) in [5.74, 6) is 0.860. The average Bonchev–Trinajstić information content (AvgIpc) is 2.50. The second kappa shape index (κ2) is 5.50. The number of hydrogen-bond acceptors (Lipinski definition) is 2. The number of hydrogen-bond donors (Lipinski definition) is 1. The summed E-state index contributed by atoms with van der Waals surface area (Å²) in [6.45, 7) is 10.7. The predicted octanol–water partition coefficient (Wildman–Crippen LogP) is 3.41. The van der Waals surface area contributed by atoms with Gasteiger partial charge in [0.25, 0.3) is 0 Å². The smallest absolute Gasteiger partial charge is 0.0334 e. The third kappa shape index (κ3) is 3.08. The summed E-state index contributed by atoms with van der Waals surface area (Å²) in [6.07, 6.45) is 9.49. The van der Waals surface area contributed by atoms with Crippen molar-refractivity contribution in [1.82, 2.24) is 4.90 Å². The molecular formula is C16H32N2. The number of nitrogens with two attached hydrogens (primary N) is 1. The highest BCUT2D eigenvalue weighted by Crippen LogP contribution is 2.39. The minimum Gasteiger partial charge on any atom is -0.329 e. The van der Waals surface area contributed by atoms with Crippen molar-refractivity contribution in [2.24, 2.45) is 17.1 Å². The lowest BCUT2D eigenvalue weighted by Gasteiger charge is -2.47. The second-order valence-corrected chi connectivity index (χ2v) is 7.63. The predicted molar refractivity (Wildman–Crippen MR) is 78.6 cm³/mol. The van der Waals surface area contributed by atoms with E-state index in [4.69, 9.17) is 5.73 Å². The van der Waals surface area contributed by atoms with Crippen molar-refractivity contribution < 1.29 is 0 Å². The molecule has 0 bridgehead atoms. The molecule has 106 valence electrons. The maximum Gasteiger partial charge on any atom is 0.0334 e.